The van der Waals surface area contributed by atoms with E-state index >= 15 is 0 Å². The third kappa shape index (κ3) is 7.41. The van der Waals surface area contributed by atoms with E-state index < -0.39 is 5.97 Å². The quantitative estimate of drug-likeness (QED) is 0.271. The SMILES string of the molecule is COc1ccc(C(=O)N(C)Cc2cccc(F)c2)c(N2CCC(COc3cccc(C(CC(=O)O)C4CC4)c3)CC2)c1. The molecule has 0 aromatic heterocycles. The largest absolute Gasteiger partial charge is 0.497 e. The van der Waals surface area contributed by atoms with Crippen molar-refractivity contribution in [2.45, 2.75) is 44.6 Å². The summed E-state index contributed by atoms with van der Waals surface area (Å²) in [5.74, 6) is 1.12. The third-order valence-electron chi connectivity index (χ3n) is 8.40. The highest BCUT2D eigenvalue weighted by Crippen LogP contribution is 2.45. The first-order valence-corrected chi connectivity index (χ1v) is 14.7. The average molecular weight is 575 g/mol. The number of carboxylic acids is 1. The fraction of sp³-hybridized carbons (Fsp3) is 0.412. The lowest BCUT2D eigenvalue weighted by molar-refractivity contribution is -0.137. The van der Waals surface area contributed by atoms with Gasteiger partial charge >= 0.3 is 5.97 Å². The lowest BCUT2D eigenvalue weighted by Gasteiger charge is -2.35. The number of hydrogen-bond donors (Lipinski definition) is 1. The number of carbonyl (C=O) groups excluding carboxylic acids is 1. The van der Waals surface area contributed by atoms with Gasteiger partial charge in [-0.15, -0.1) is 0 Å². The van der Waals surface area contributed by atoms with Gasteiger partial charge in [0.25, 0.3) is 5.91 Å². The number of ether oxygens (including phenoxy) is 2. The van der Waals surface area contributed by atoms with Crippen LogP contribution in [0.25, 0.3) is 0 Å². The van der Waals surface area contributed by atoms with Crippen LogP contribution in [0.4, 0.5) is 10.1 Å². The molecule has 1 aliphatic carbocycles. The highest BCUT2D eigenvalue weighted by Gasteiger charge is 2.34. The van der Waals surface area contributed by atoms with Gasteiger partial charge < -0.3 is 24.4 Å². The normalized spacial score (nSPS) is 16.1. The van der Waals surface area contributed by atoms with Crippen molar-refractivity contribution in [1.82, 2.24) is 4.90 Å². The van der Waals surface area contributed by atoms with E-state index in [4.69, 9.17) is 9.47 Å². The van der Waals surface area contributed by atoms with Crippen molar-refractivity contribution < 1.29 is 28.6 Å². The second-order valence-electron chi connectivity index (χ2n) is 11.5. The van der Waals surface area contributed by atoms with Gasteiger partial charge in [-0.25, -0.2) is 4.39 Å². The molecular formula is C34H39FN2O5. The van der Waals surface area contributed by atoms with Crippen molar-refractivity contribution in [1.29, 1.82) is 0 Å². The van der Waals surface area contributed by atoms with Gasteiger partial charge in [-0.3, -0.25) is 9.59 Å². The van der Waals surface area contributed by atoms with Crippen LogP contribution < -0.4 is 14.4 Å². The van der Waals surface area contributed by atoms with Crippen molar-refractivity contribution in [3.05, 3.63) is 89.2 Å². The Morgan fingerprint density at radius 2 is 1.76 bits per heavy atom. The summed E-state index contributed by atoms with van der Waals surface area (Å²) in [6.07, 6.45) is 4.15. The number of anilines is 1. The van der Waals surface area contributed by atoms with Crippen LogP contribution in [0, 0.1) is 17.7 Å². The van der Waals surface area contributed by atoms with Crippen molar-refractivity contribution >= 4 is 17.6 Å². The number of halogens is 1. The molecular weight excluding hydrogens is 535 g/mol. The molecule has 2 aliphatic rings. The van der Waals surface area contributed by atoms with Crippen LogP contribution >= 0.6 is 0 Å². The predicted octanol–water partition coefficient (Wildman–Crippen LogP) is 6.37. The molecule has 0 spiro atoms. The summed E-state index contributed by atoms with van der Waals surface area (Å²) in [5.41, 5.74) is 3.21. The Balaban J connectivity index is 1.20. The maximum absolute atomic E-state index is 13.7. The summed E-state index contributed by atoms with van der Waals surface area (Å²) in [7, 11) is 3.35. The number of rotatable bonds is 12. The van der Waals surface area contributed by atoms with Crippen LogP contribution in [0.15, 0.2) is 66.7 Å². The van der Waals surface area contributed by atoms with Gasteiger partial charge in [0.05, 0.1) is 31.4 Å². The lowest BCUT2D eigenvalue weighted by Crippen LogP contribution is -2.37. The molecule has 5 rings (SSSR count). The van der Waals surface area contributed by atoms with Crippen LogP contribution in [-0.4, -0.2) is 55.7 Å². The number of carbonyl (C=O) groups is 2. The van der Waals surface area contributed by atoms with Gasteiger partial charge in [0.15, 0.2) is 0 Å². The molecule has 1 heterocycles. The molecule has 7 nitrogen and oxygen atoms in total. The van der Waals surface area contributed by atoms with E-state index in [-0.39, 0.29) is 24.1 Å². The van der Waals surface area contributed by atoms with Gasteiger partial charge in [-0.2, -0.15) is 0 Å². The predicted molar refractivity (Wildman–Crippen MR) is 160 cm³/mol. The van der Waals surface area contributed by atoms with E-state index in [1.807, 2.05) is 36.4 Å². The van der Waals surface area contributed by atoms with Crippen LogP contribution in [0.2, 0.25) is 0 Å². The Bertz CT molecular complexity index is 1400. The first kappa shape index (κ1) is 29.4. The zero-order valence-electron chi connectivity index (χ0n) is 24.3. The molecule has 3 aromatic carbocycles. The van der Waals surface area contributed by atoms with Gasteiger partial charge in [0.2, 0.25) is 0 Å². The van der Waals surface area contributed by atoms with E-state index in [0.717, 1.165) is 61.3 Å². The van der Waals surface area contributed by atoms with Crippen molar-refractivity contribution in [3.8, 4) is 11.5 Å². The third-order valence-corrected chi connectivity index (χ3v) is 8.40. The number of amides is 1. The molecule has 2 fully saturated rings. The summed E-state index contributed by atoms with van der Waals surface area (Å²) in [6, 6.07) is 19.7. The Morgan fingerprint density at radius 3 is 2.45 bits per heavy atom. The number of hydrogen-bond acceptors (Lipinski definition) is 5. The highest BCUT2D eigenvalue weighted by atomic mass is 19.1. The van der Waals surface area contributed by atoms with E-state index in [9.17, 15) is 19.1 Å². The molecule has 1 saturated carbocycles. The molecule has 1 amide bonds. The number of carboxylic acid groups (broad SMARTS) is 1. The Labute approximate surface area is 246 Å². The number of piperidine rings is 1. The van der Waals surface area contributed by atoms with Crippen molar-refractivity contribution in [3.63, 3.8) is 0 Å². The van der Waals surface area contributed by atoms with Gasteiger partial charge in [-0.1, -0.05) is 24.3 Å². The molecule has 1 atom stereocenters. The number of nitrogens with zero attached hydrogens (tertiary/aromatic N) is 2. The molecule has 1 unspecified atom stereocenters. The van der Waals surface area contributed by atoms with Gasteiger partial charge in [0, 0.05) is 32.7 Å². The fourth-order valence-corrected chi connectivity index (χ4v) is 5.90. The van der Waals surface area contributed by atoms with E-state index in [2.05, 4.69) is 4.90 Å². The van der Waals surface area contributed by atoms with Crippen molar-refractivity contribution in [2.24, 2.45) is 11.8 Å². The number of methoxy groups -OCH3 is 1. The van der Waals surface area contributed by atoms with E-state index in [1.54, 1.807) is 37.3 Å². The summed E-state index contributed by atoms with van der Waals surface area (Å²) >= 11 is 0. The second-order valence-corrected chi connectivity index (χ2v) is 11.5. The highest BCUT2D eigenvalue weighted by molar-refractivity contribution is 6.00. The maximum Gasteiger partial charge on any atom is 0.303 e. The van der Waals surface area contributed by atoms with Gasteiger partial charge in [0.1, 0.15) is 17.3 Å². The molecule has 1 aliphatic heterocycles. The molecule has 0 radical (unpaired) electrons. The molecule has 222 valence electrons. The zero-order chi connectivity index (χ0) is 29.6. The minimum atomic E-state index is -0.760. The standard InChI is InChI=1S/C34H39FN2O5/c1-36(21-24-5-3-7-27(35)17-24)34(40)30-12-11-28(41-2)19-32(30)37-15-13-23(14-16-37)22-42-29-8-4-6-26(18-29)31(20-33(38)39)25-9-10-25/h3-8,11-12,17-19,23,25,31H,9-10,13-16,20-22H2,1-2H3,(H,38,39). The van der Waals surface area contributed by atoms with Crippen LogP contribution in [0.1, 0.15) is 59.5 Å². The molecule has 1 saturated heterocycles. The Morgan fingerprint density at radius 1 is 1.00 bits per heavy atom. The molecule has 0 bridgehead atoms. The van der Waals surface area contributed by atoms with Crippen LogP contribution in [0.5, 0.6) is 11.5 Å². The summed E-state index contributed by atoms with van der Waals surface area (Å²) in [4.78, 5) is 28.8. The lowest BCUT2D eigenvalue weighted by atomic mass is 9.91. The van der Waals surface area contributed by atoms with Crippen LogP contribution in [-0.2, 0) is 11.3 Å². The minimum Gasteiger partial charge on any atom is -0.497 e. The molecule has 42 heavy (non-hydrogen) atoms. The fourth-order valence-electron chi connectivity index (χ4n) is 5.90. The zero-order valence-corrected chi connectivity index (χ0v) is 24.3. The maximum atomic E-state index is 13.7. The molecule has 8 heteroatoms. The monoisotopic (exact) mass is 574 g/mol. The minimum absolute atomic E-state index is 0.0435. The second kappa shape index (κ2) is 13.3. The van der Waals surface area contributed by atoms with Gasteiger partial charge in [-0.05, 0) is 91.0 Å². The smallest absolute Gasteiger partial charge is 0.303 e. The van der Waals surface area contributed by atoms with E-state index in [0.29, 0.717) is 36.3 Å². The first-order valence-electron chi connectivity index (χ1n) is 14.7. The first-order chi connectivity index (χ1) is 20.3. The number of aliphatic carboxylic acids is 1. The van der Waals surface area contributed by atoms with Crippen LogP contribution in [0.3, 0.4) is 0 Å². The molecule has 1 N–H and O–H groups in total. The summed E-state index contributed by atoms with van der Waals surface area (Å²) in [5, 5.41) is 9.37. The molecule has 3 aromatic rings. The van der Waals surface area contributed by atoms with Crippen molar-refractivity contribution in [2.75, 3.05) is 38.8 Å². The number of benzene rings is 3. The Hall–Kier alpha value is -4.07. The van der Waals surface area contributed by atoms with E-state index in [1.165, 1.54) is 12.1 Å². The topological polar surface area (TPSA) is 79.3 Å². The average Bonchev–Trinajstić information content (AvgIpc) is 3.84. The Kier molecular flexibility index (Phi) is 9.30. The summed E-state index contributed by atoms with van der Waals surface area (Å²) in [6.45, 7) is 2.44. The summed E-state index contributed by atoms with van der Waals surface area (Å²) < 4.78 is 25.4.